The first kappa shape index (κ1) is 32.6. The summed E-state index contributed by atoms with van der Waals surface area (Å²) < 4.78 is 79.5. The Morgan fingerprint density at radius 1 is 1.04 bits per heavy atom. The predicted octanol–water partition coefficient (Wildman–Crippen LogP) is 5.77. The van der Waals surface area contributed by atoms with E-state index in [2.05, 4.69) is 16.7 Å². The van der Waals surface area contributed by atoms with Crippen LogP contribution in [-0.2, 0) is 30.9 Å². The van der Waals surface area contributed by atoms with Crippen LogP contribution in [0.5, 0.6) is 5.75 Å². The summed E-state index contributed by atoms with van der Waals surface area (Å²) in [6.07, 6.45) is 7.57. The normalized spacial score (nSPS) is 27.0. The van der Waals surface area contributed by atoms with Crippen LogP contribution < -0.4 is 9.46 Å². The first-order chi connectivity index (χ1) is 23.5. The summed E-state index contributed by atoms with van der Waals surface area (Å²) in [5.41, 5.74) is 4.98. The quantitative estimate of drug-likeness (QED) is 0.411. The number of hydrogen-bond acceptors (Lipinski definition) is 6. The molecule has 49 heavy (non-hydrogen) atoms. The van der Waals surface area contributed by atoms with Gasteiger partial charge in [-0.1, -0.05) is 37.5 Å². The van der Waals surface area contributed by atoms with Crippen LogP contribution in [0.2, 0.25) is 0 Å². The zero-order valence-electron chi connectivity index (χ0n) is 27.4. The van der Waals surface area contributed by atoms with Crippen molar-refractivity contribution < 1.29 is 40.7 Å². The van der Waals surface area contributed by atoms with Crippen molar-refractivity contribution in [2.75, 3.05) is 26.1 Å². The molecule has 6 aliphatic rings. The Hall–Kier alpha value is -3.58. The molecule has 1 aromatic carbocycles. The van der Waals surface area contributed by atoms with Gasteiger partial charge in [0, 0.05) is 23.5 Å². The molecule has 8 rings (SSSR count). The van der Waals surface area contributed by atoms with Gasteiger partial charge in [-0.15, -0.1) is 0 Å². The van der Waals surface area contributed by atoms with Gasteiger partial charge in [0.05, 0.1) is 49.4 Å². The van der Waals surface area contributed by atoms with Crippen molar-refractivity contribution in [1.82, 2.24) is 14.2 Å². The highest BCUT2D eigenvalue weighted by Gasteiger charge is 2.50. The zero-order valence-corrected chi connectivity index (χ0v) is 28.2. The molecule has 3 aliphatic carbocycles. The van der Waals surface area contributed by atoms with E-state index in [1.807, 2.05) is 23.1 Å². The van der Waals surface area contributed by atoms with Crippen LogP contribution in [0, 0.1) is 5.92 Å². The number of benzene rings is 1. The monoisotopic (exact) mass is 699 g/mol. The van der Waals surface area contributed by atoms with E-state index in [0.29, 0.717) is 42.4 Å². The largest absolute Gasteiger partial charge is 0.496 e. The summed E-state index contributed by atoms with van der Waals surface area (Å²) in [5.74, 6) is -3.16. The number of ether oxygens (including phenoxy) is 2. The number of sulfonamides is 1. The Morgan fingerprint density at radius 3 is 2.47 bits per heavy atom. The summed E-state index contributed by atoms with van der Waals surface area (Å²) in [4.78, 5) is 30.3. The lowest BCUT2D eigenvalue weighted by molar-refractivity contribution is -0.155. The molecule has 0 spiro atoms. The Kier molecular flexibility index (Phi) is 8.01. The summed E-state index contributed by atoms with van der Waals surface area (Å²) in [6, 6.07) is 6.21. The summed E-state index contributed by atoms with van der Waals surface area (Å²) in [7, 11) is -3.36. The molecular weight excluding hydrogens is 659 g/mol. The smallest absolute Gasteiger partial charge is 0.404 e. The van der Waals surface area contributed by atoms with Crippen molar-refractivity contribution in [1.29, 1.82) is 0 Å². The number of aromatic nitrogens is 1. The SMILES string of the molecule is COc1ccc(C2CCCCC2)c2c1cc1n2CC2=C(C(=O)NS(=O)(=O)CC(F)(F)F)C2=C2C=CC[C@@H](C(=O)N3[C@@H]4CCC[C@H]3COC4)C21. The van der Waals surface area contributed by atoms with E-state index in [4.69, 9.17) is 9.47 Å². The molecule has 262 valence electrons. The molecule has 0 radical (unpaired) electrons. The fourth-order valence-corrected chi connectivity index (χ4v) is 10.2. The molecule has 2 bridgehead atoms. The fourth-order valence-electron chi connectivity index (χ4n) is 9.34. The van der Waals surface area contributed by atoms with Crippen molar-refractivity contribution >= 4 is 32.7 Å². The number of alkyl halides is 3. The van der Waals surface area contributed by atoms with Crippen LogP contribution in [0.1, 0.15) is 80.9 Å². The third kappa shape index (κ3) is 5.70. The maximum Gasteiger partial charge on any atom is 0.404 e. The molecule has 4 heterocycles. The zero-order chi connectivity index (χ0) is 34.2. The van der Waals surface area contributed by atoms with Gasteiger partial charge in [-0.3, -0.25) is 9.59 Å². The van der Waals surface area contributed by atoms with E-state index in [0.717, 1.165) is 67.1 Å². The predicted molar refractivity (Wildman–Crippen MR) is 175 cm³/mol. The van der Waals surface area contributed by atoms with Crippen LogP contribution in [0.3, 0.4) is 0 Å². The number of allylic oxidation sites excluding steroid dienone is 4. The average Bonchev–Trinajstić information content (AvgIpc) is 3.68. The van der Waals surface area contributed by atoms with E-state index in [9.17, 15) is 31.2 Å². The molecule has 4 atom stereocenters. The molecule has 2 saturated heterocycles. The summed E-state index contributed by atoms with van der Waals surface area (Å²) in [5, 5.41) is 0.910. The highest BCUT2D eigenvalue weighted by Crippen LogP contribution is 2.55. The van der Waals surface area contributed by atoms with Crippen molar-refractivity contribution in [3.63, 3.8) is 0 Å². The van der Waals surface area contributed by atoms with Gasteiger partial charge >= 0.3 is 6.18 Å². The summed E-state index contributed by atoms with van der Waals surface area (Å²) >= 11 is 0. The molecule has 1 unspecified atom stereocenters. The number of piperidine rings is 1. The Labute approximate surface area is 283 Å². The van der Waals surface area contributed by atoms with Crippen molar-refractivity contribution in [2.45, 2.75) is 94.4 Å². The number of fused-ring (bicyclic) bond motifs is 8. The van der Waals surface area contributed by atoms with E-state index in [1.54, 1.807) is 11.8 Å². The number of amides is 2. The van der Waals surface area contributed by atoms with Gasteiger partial charge in [0.25, 0.3) is 5.91 Å². The van der Waals surface area contributed by atoms with Crippen LogP contribution in [0.25, 0.3) is 10.9 Å². The first-order valence-electron chi connectivity index (χ1n) is 17.3. The van der Waals surface area contributed by atoms with Gasteiger partial charge in [-0.2, -0.15) is 13.2 Å². The van der Waals surface area contributed by atoms with E-state index in [-0.39, 0.29) is 30.1 Å². The number of carbonyl (C=O) groups is 2. The first-order valence-corrected chi connectivity index (χ1v) is 19.0. The third-order valence-corrected chi connectivity index (χ3v) is 12.6. The van der Waals surface area contributed by atoms with Crippen LogP contribution in [-0.4, -0.2) is 74.0 Å². The van der Waals surface area contributed by atoms with Crippen LogP contribution in [0.4, 0.5) is 13.2 Å². The number of halogens is 3. The maximum atomic E-state index is 14.8. The second kappa shape index (κ2) is 12.0. The third-order valence-electron chi connectivity index (χ3n) is 11.4. The van der Waals surface area contributed by atoms with Gasteiger partial charge in [0.1, 0.15) is 5.75 Å². The minimum Gasteiger partial charge on any atom is -0.496 e. The molecule has 9 nitrogen and oxygen atoms in total. The molecule has 13 heteroatoms. The van der Waals surface area contributed by atoms with E-state index < -0.39 is 39.7 Å². The van der Waals surface area contributed by atoms with Gasteiger partial charge in [0.15, 0.2) is 5.75 Å². The van der Waals surface area contributed by atoms with Gasteiger partial charge in [0.2, 0.25) is 15.9 Å². The molecule has 2 aromatic rings. The topological polar surface area (TPSA) is 107 Å². The molecule has 1 saturated carbocycles. The Balaban J connectivity index is 1.28. The number of morpholine rings is 1. The van der Waals surface area contributed by atoms with Crippen molar-refractivity contribution in [3.8, 4) is 5.75 Å². The number of nitrogens with one attached hydrogen (secondary N) is 1. The highest BCUT2D eigenvalue weighted by atomic mass is 32.2. The second-order valence-electron chi connectivity index (χ2n) is 14.3. The minimum atomic E-state index is -5.00. The lowest BCUT2D eigenvalue weighted by Crippen LogP contribution is -2.59. The molecular formula is C36H40F3N3O6S. The number of rotatable bonds is 6. The number of methoxy groups -OCH3 is 1. The van der Waals surface area contributed by atoms with Crippen LogP contribution >= 0.6 is 0 Å². The number of carbonyl (C=O) groups excluding carboxylic acids is 2. The van der Waals surface area contributed by atoms with E-state index >= 15 is 0 Å². The average molecular weight is 700 g/mol. The minimum absolute atomic E-state index is 0.00793. The fraction of sp³-hybridized carbons (Fsp3) is 0.556. The lowest BCUT2D eigenvalue weighted by atomic mass is 9.75. The van der Waals surface area contributed by atoms with Crippen LogP contribution in [0.15, 0.2) is 52.6 Å². The second-order valence-corrected chi connectivity index (χ2v) is 16.1. The number of nitrogens with zero attached hydrogens (tertiary/aromatic N) is 2. The van der Waals surface area contributed by atoms with Crippen molar-refractivity contribution in [3.05, 3.63) is 63.9 Å². The Bertz CT molecular complexity index is 1920. The van der Waals surface area contributed by atoms with Gasteiger partial charge in [-0.05, 0) is 78.9 Å². The maximum absolute atomic E-state index is 14.8. The molecule has 3 aliphatic heterocycles. The lowest BCUT2D eigenvalue weighted by Gasteiger charge is -2.48. The Morgan fingerprint density at radius 2 is 1.78 bits per heavy atom. The molecule has 1 N–H and O–H groups in total. The summed E-state index contributed by atoms with van der Waals surface area (Å²) in [6.45, 7) is 1.21. The highest BCUT2D eigenvalue weighted by molar-refractivity contribution is 7.90. The molecule has 1 aromatic heterocycles. The molecule has 2 amide bonds. The van der Waals surface area contributed by atoms with Crippen molar-refractivity contribution in [2.24, 2.45) is 5.92 Å². The van der Waals surface area contributed by atoms with E-state index in [1.165, 1.54) is 12.0 Å². The molecule has 3 fully saturated rings. The van der Waals surface area contributed by atoms with Gasteiger partial charge < -0.3 is 18.9 Å². The standard InChI is InChI=1S/C36H40F3N3O6S/c1-47-29-14-13-23(20-7-3-2-4-8-20)33-26(29)15-28-30-24(11-6-12-25(30)35(44)42-21-9-5-10-22(42)18-48-17-21)31-27(16-41(28)33)32(31)34(43)40-49(45,46)19-36(37,38)39/h6,11,13-15,20-22,25,30H,2-5,7-10,12,16-19H2,1H3,(H,40,43)/t21-,22+,25-,30?/m1/s1. The number of hydrogen-bond donors (Lipinski definition) is 1. The van der Waals surface area contributed by atoms with Gasteiger partial charge in [-0.25, -0.2) is 13.1 Å².